The van der Waals surface area contributed by atoms with Crippen LogP contribution in [-0.2, 0) is 42.1 Å². The quantitative estimate of drug-likeness (QED) is 0.172. The Morgan fingerprint density at radius 1 is 0.411 bits per heavy atom. The molecule has 8 heterocycles. The van der Waals surface area contributed by atoms with Gasteiger partial charge in [0.05, 0.1) is 0 Å². The van der Waals surface area contributed by atoms with Gasteiger partial charge in [-0.05, 0) is 68.7 Å². The van der Waals surface area contributed by atoms with E-state index in [9.17, 15) is 0 Å². The predicted octanol–water partition coefficient (Wildman–Crippen LogP) is 10.3. The summed E-state index contributed by atoms with van der Waals surface area (Å²) < 4.78 is 0. The number of hydrogen-bond donors (Lipinski definition) is 0. The first-order chi connectivity index (χ1) is 26.4. The van der Waals surface area contributed by atoms with Crippen LogP contribution in [0.15, 0.2) is 158 Å². The van der Waals surface area contributed by atoms with Crippen molar-refractivity contribution in [3.05, 3.63) is 170 Å². The molecule has 0 radical (unpaired) electrons. The van der Waals surface area contributed by atoms with Gasteiger partial charge in [-0.2, -0.15) is 12.4 Å². The van der Waals surface area contributed by atoms with E-state index in [0.717, 1.165) is 67.3 Å². The van der Waals surface area contributed by atoms with Gasteiger partial charge in [0, 0.05) is 23.8 Å². The van der Waals surface area contributed by atoms with Gasteiger partial charge in [-0.3, -0.25) is 9.97 Å². The Morgan fingerprint density at radius 3 is 1.18 bits per heavy atom. The fourth-order valence-electron chi connectivity index (χ4n) is 5.92. The molecule has 0 atom stereocenters. The number of rotatable bonds is 4. The first-order valence-corrected chi connectivity index (χ1v) is 18.1. The molecule has 0 saturated carbocycles. The number of pyridine rings is 4. The second-order valence-corrected chi connectivity index (χ2v) is 13.3. The Hall–Kier alpha value is -5.42. The van der Waals surface area contributed by atoms with Crippen molar-refractivity contribution >= 4 is 43.9 Å². The molecule has 0 bridgehead atoms. The molecule has 0 unspecified atom stereocenters. The molecule has 0 fully saturated rings. The van der Waals surface area contributed by atoms with Crippen molar-refractivity contribution in [2.75, 3.05) is 0 Å². The first kappa shape index (κ1) is 41.7. The molecule has 0 aliphatic carbocycles. The molecule has 0 aliphatic rings. The van der Waals surface area contributed by atoms with Gasteiger partial charge >= 0.3 is 42.1 Å². The van der Waals surface area contributed by atoms with Crippen molar-refractivity contribution in [1.82, 2.24) is 39.9 Å². The minimum atomic E-state index is 0. The van der Waals surface area contributed by atoms with Crippen LogP contribution in [0.1, 0.15) is 50.9 Å². The van der Waals surface area contributed by atoms with E-state index < -0.39 is 0 Å². The van der Waals surface area contributed by atoms with Crippen LogP contribution in [0, 0.1) is 0 Å². The van der Waals surface area contributed by atoms with Crippen molar-refractivity contribution in [2.24, 2.45) is 0 Å². The number of fused-ring (bicyclic) bond motifs is 6. The van der Waals surface area contributed by atoms with Crippen molar-refractivity contribution in [3.63, 3.8) is 0 Å². The fourth-order valence-corrected chi connectivity index (χ4v) is 5.92. The molecule has 10 rings (SSSR count). The number of aromatic nitrogens is 8. The van der Waals surface area contributed by atoms with E-state index in [1.54, 1.807) is 24.8 Å². The molecule has 284 valence electrons. The minimum Gasteiger partial charge on any atom is -0.662 e. The van der Waals surface area contributed by atoms with Crippen molar-refractivity contribution in [3.8, 4) is 22.8 Å². The summed E-state index contributed by atoms with van der Waals surface area (Å²) in [6.45, 7) is 8.60. The van der Waals surface area contributed by atoms with Crippen molar-refractivity contribution in [2.45, 2.75) is 39.5 Å². The molecule has 8 aromatic heterocycles. The van der Waals surface area contributed by atoms with E-state index in [1.165, 1.54) is 10.8 Å². The van der Waals surface area contributed by atoms with Gasteiger partial charge in [-0.15, -0.1) is 11.4 Å². The van der Waals surface area contributed by atoms with Gasteiger partial charge < -0.3 is 29.9 Å². The van der Waals surface area contributed by atoms with Crippen LogP contribution >= 0.6 is 0 Å². The summed E-state index contributed by atoms with van der Waals surface area (Å²) in [6, 6.07) is 44.1. The minimum absolute atomic E-state index is 0. The van der Waals surface area contributed by atoms with Gasteiger partial charge in [0.25, 0.3) is 0 Å². The zero-order valence-electron chi connectivity index (χ0n) is 31.4. The van der Waals surface area contributed by atoms with Crippen molar-refractivity contribution in [1.29, 1.82) is 0 Å². The van der Waals surface area contributed by atoms with Crippen LogP contribution in [0.3, 0.4) is 0 Å². The van der Waals surface area contributed by atoms with E-state index in [-0.39, 0.29) is 42.1 Å². The Morgan fingerprint density at radius 2 is 0.821 bits per heavy atom. The predicted molar refractivity (Wildman–Crippen MR) is 219 cm³/mol. The summed E-state index contributed by atoms with van der Waals surface area (Å²) in [5, 5.41) is 4.70. The third-order valence-corrected chi connectivity index (χ3v) is 8.78. The van der Waals surface area contributed by atoms with Crippen LogP contribution in [-0.4, -0.2) is 19.9 Å². The number of nitrogens with zero attached hydrogens (tertiary/aromatic N) is 8. The summed E-state index contributed by atoms with van der Waals surface area (Å²) >= 11 is 0. The maximum Gasteiger partial charge on any atom is 2.00 e. The van der Waals surface area contributed by atoms with E-state index in [2.05, 4.69) is 104 Å². The smallest absolute Gasteiger partial charge is 0.662 e. The average Bonchev–Trinajstić information content (AvgIpc) is 4.05. The molecule has 8 nitrogen and oxygen atoms in total. The van der Waals surface area contributed by atoms with E-state index in [0.29, 0.717) is 11.8 Å². The molecule has 0 N–H and O–H groups in total. The second kappa shape index (κ2) is 19.9. The molecule has 2 aromatic carbocycles. The fraction of sp³-hybridized carbons (Fsp3) is 0.130. The molecular formula is C46H40N8Pt2. The Kier molecular flexibility index (Phi) is 14.9. The summed E-state index contributed by atoms with van der Waals surface area (Å²) in [4.78, 5) is 34.9. The Labute approximate surface area is 355 Å². The number of hydrogen-bond acceptors (Lipinski definition) is 4. The zero-order chi connectivity index (χ0) is 37.3. The van der Waals surface area contributed by atoms with Gasteiger partial charge in [-0.1, -0.05) is 160 Å². The maximum absolute atomic E-state index is 4.60. The first-order valence-electron chi connectivity index (χ1n) is 18.1. The van der Waals surface area contributed by atoms with E-state index >= 15 is 0 Å². The second-order valence-electron chi connectivity index (χ2n) is 13.3. The van der Waals surface area contributed by atoms with E-state index in [1.807, 2.05) is 97.1 Å². The van der Waals surface area contributed by atoms with E-state index in [4.69, 9.17) is 0 Å². The van der Waals surface area contributed by atoms with Crippen molar-refractivity contribution < 1.29 is 42.1 Å². The normalized spacial score (nSPS) is 10.5. The maximum atomic E-state index is 4.60. The molecule has 0 spiro atoms. The van der Waals surface area contributed by atoms with Gasteiger partial charge in [-0.25, -0.2) is 0 Å². The third kappa shape index (κ3) is 10.1. The van der Waals surface area contributed by atoms with Crippen LogP contribution in [0.5, 0.6) is 0 Å². The molecule has 56 heavy (non-hydrogen) atoms. The largest absolute Gasteiger partial charge is 2.00 e. The van der Waals surface area contributed by atoms with Crippen LogP contribution in [0.2, 0.25) is 0 Å². The van der Waals surface area contributed by atoms with Crippen LogP contribution < -0.4 is 19.9 Å². The third-order valence-electron chi connectivity index (χ3n) is 8.78. The van der Waals surface area contributed by atoms with Gasteiger partial charge in [0.2, 0.25) is 0 Å². The topological polar surface area (TPSA) is 108 Å². The monoisotopic (exact) mass is 1090 g/mol. The standard InChI is InChI=1S/2C14H13N2.2C9H7N2.2Pt/c2*1-9(2)12-8-7-11-10-5-3-4-6-13(10)16-14(11)15-12;2*1-2-6-10-8(4-1)9-5-3-7-11-9;;/h2*3-9H,1-2H3;2*1-7H;;/q4*-1;2*+2. The molecule has 10 heteroatoms. The molecule has 0 amide bonds. The summed E-state index contributed by atoms with van der Waals surface area (Å²) in [6.07, 6.45) is 7.07. The Balaban J connectivity index is 0.000000143. The SMILES string of the molecule is CC(C)c1ccc2c(n1)[n-]c1ccccc12.CC(C)c1ccc2c(n1)[n-]c1ccccc12.[Pt+2].[Pt+2].c1ccc(-c2ccc[n-]2)nc1.c1ccc(-c2ccc[n-]2)nc1. The molecule has 0 saturated heterocycles. The Bertz CT molecular complexity index is 2480. The molecular weight excluding hydrogens is 1050 g/mol. The average molecular weight is 1100 g/mol. The molecule has 0 aliphatic heterocycles. The van der Waals surface area contributed by atoms with Crippen LogP contribution in [0.4, 0.5) is 0 Å². The van der Waals surface area contributed by atoms with Crippen LogP contribution in [0.25, 0.3) is 66.6 Å². The zero-order valence-corrected chi connectivity index (χ0v) is 35.9. The number of para-hydroxylation sites is 2. The summed E-state index contributed by atoms with van der Waals surface area (Å²) in [5.41, 5.74) is 9.74. The number of benzene rings is 2. The summed E-state index contributed by atoms with van der Waals surface area (Å²) in [7, 11) is 0. The van der Waals surface area contributed by atoms with Gasteiger partial charge in [0.1, 0.15) is 0 Å². The molecule has 10 aromatic rings. The summed E-state index contributed by atoms with van der Waals surface area (Å²) in [5.74, 6) is 0.897. The van der Waals surface area contributed by atoms with Gasteiger partial charge in [0.15, 0.2) is 0 Å².